The van der Waals surface area contributed by atoms with Crippen LogP contribution in [0.1, 0.15) is 33.6 Å². The van der Waals surface area contributed by atoms with Crippen molar-refractivity contribution in [2.75, 3.05) is 12.3 Å². The van der Waals surface area contributed by atoms with Gasteiger partial charge in [-0.1, -0.05) is 12.5 Å². The molecule has 1 rings (SSSR count). The van der Waals surface area contributed by atoms with Gasteiger partial charge in [-0.15, -0.1) is 0 Å². The number of carbonyl (C=O) groups is 1. The fourth-order valence-electron chi connectivity index (χ4n) is 1.79. The van der Waals surface area contributed by atoms with E-state index in [1.807, 2.05) is 13.8 Å². The van der Waals surface area contributed by atoms with Crippen molar-refractivity contribution in [3.8, 4) is 0 Å². The summed E-state index contributed by atoms with van der Waals surface area (Å²) in [6.07, 6.45) is 3.40. The molecule has 0 radical (unpaired) electrons. The van der Waals surface area contributed by atoms with Gasteiger partial charge in [0.25, 0.3) is 0 Å². The topological polar surface area (TPSA) is 49.3 Å². The van der Waals surface area contributed by atoms with E-state index in [1.165, 1.54) is 0 Å². The lowest BCUT2D eigenvalue weighted by Gasteiger charge is -2.44. The van der Waals surface area contributed by atoms with Gasteiger partial charge in [-0.25, -0.2) is 0 Å². The molecule has 0 aromatic heterocycles. The first-order valence-electron chi connectivity index (χ1n) is 5.74. The molecule has 2 atom stereocenters. The molecule has 4 heteroatoms. The van der Waals surface area contributed by atoms with Crippen LogP contribution in [0.15, 0.2) is 11.6 Å². The molecule has 3 nitrogen and oxygen atoms in total. The normalized spacial score (nSPS) is 28.1. The minimum atomic E-state index is -0.689. The minimum absolute atomic E-state index is 0.111. The van der Waals surface area contributed by atoms with Crippen LogP contribution in [0.25, 0.3) is 0 Å². The molecule has 0 unspecified atom stereocenters. The number of carbonyl (C=O) groups excluding carboxylic acids is 1. The summed E-state index contributed by atoms with van der Waals surface area (Å²) in [5, 5.41) is 13.3. The van der Waals surface area contributed by atoms with Crippen molar-refractivity contribution in [1.29, 1.82) is 0 Å². The van der Waals surface area contributed by atoms with E-state index in [9.17, 15) is 9.90 Å². The van der Waals surface area contributed by atoms with Gasteiger partial charge < -0.3 is 10.4 Å². The first-order chi connectivity index (χ1) is 7.48. The van der Waals surface area contributed by atoms with Gasteiger partial charge in [-0.2, -0.15) is 11.8 Å². The highest BCUT2D eigenvalue weighted by atomic mass is 32.2. The van der Waals surface area contributed by atoms with E-state index >= 15 is 0 Å². The van der Waals surface area contributed by atoms with E-state index in [2.05, 4.69) is 12.2 Å². The largest absolute Gasteiger partial charge is 0.387 e. The molecular formula is C12H21NO2S. The Morgan fingerprint density at radius 3 is 2.75 bits per heavy atom. The summed E-state index contributed by atoms with van der Waals surface area (Å²) in [5.41, 5.74) is 0.281. The lowest BCUT2D eigenvalue weighted by molar-refractivity contribution is -0.118. The van der Waals surface area contributed by atoms with Gasteiger partial charge >= 0.3 is 0 Å². The third kappa shape index (κ3) is 3.52. The molecule has 0 saturated heterocycles. The number of hydrogen-bond donors (Lipinski definition) is 2. The first-order valence-corrected chi connectivity index (χ1v) is 6.79. The zero-order valence-corrected chi connectivity index (χ0v) is 11.1. The Kier molecular flexibility index (Phi) is 4.87. The lowest BCUT2D eigenvalue weighted by atomic mass is 9.79. The van der Waals surface area contributed by atoms with Gasteiger partial charge in [0.1, 0.15) is 0 Å². The summed E-state index contributed by atoms with van der Waals surface area (Å²) in [6.45, 7) is 6.22. The molecule has 0 bridgehead atoms. The van der Waals surface area contributed by atoms with E-state index in [-0.39, 0.29) is 11.2 Å². The second-order valence-electron chi connectivity index (χ2n) is 4.53. The highest BCUT2D eigenvalue weighted by Gasteiger charge is 2.45. The summed E-state index contributed by atoms with van der Waals surface area (Å²) in [5.74, 6) is 0.898. The fourth-order valence-corrected chi connectivity index (χ4v) is 2.99. The number of hydrogen-bond acceptors (Lipinski definition) is 3. The average Bonchev–Trinajstić information content (AvgIpc) is 2.20. The molecule has 1 aliphatic rings. The van der Waals surface area contributed by atoms with Crippen molar-refractivity contribution in [3.63, 3.8) is 0 Å². The zero-order valence-electron chi connectivity index (χ0n) is 10.2. The molecule has 0 aromatic rings. The summed E-state index contributed by atoms with van der Waals surface area (Å²) < 4.78 is 0. The molecule has 0 aromatic carbocycles. The average molecular weight is 243 g/mol. The Bertz CT molecular complexity index is 287. The van der Waals surface area contributed by atoms with Gasteiger partial charge in [-0.05, 0) is 32.4 Å². The molecule has 0 spiro atoms. The number of aliphatic hydroxyl groups is 1. The number of amides is 1. The van der Waals surface area contributed by atoms with Crippen LogP contribution in [0.4, 0.5) is 0 Å². The van der Waals surface area contributed by atoms with Crippen LogP contribution in [0.5, 0.6) is 0 Å². The van der Waals surface area contributed by atoms with Crippen molar-refractivity contribution in [2.24, 2.45) is 0 Å². The quantitative estimate of drug-likeness (QED) is 0.723. The lowest BCUT2D eigenvalue weighted by Crippen LogP contribution is -2.56. The smallest absolute Gasteiger partial charge is 0.244 e. The minimum Gasteiger partial charge on any atom is -0.387 e. The number of rotatable bonds is 5. The molecule has 1 saturated carbocycles. The van der Waals surface area contributed by atoms with Gasteiger partial charge in [0, 0.05) is 17.9 Å². The number of thioether (sulfide) groups is 1. The van der Waals surface area contributed by atoms with E-state index in [4.69, 9.17) is 0 Å². The van der Waals surface area contributed by atoms with Crippen LogP contribution in [-0.2, 0) is 4.79 Å². The van der Waals surface area contributed by atoms with E-state index in [1.54, 1.807) is 17.8 Å². The number of allylic oxidation sites excluding steroid dienone is 1. The predicted molar refractivity (Wildman–Crippen MR) is 68.5 cm³/mol. The molecule has 16 heavy (non-hydrogen) atoms. The van der Waals surface area contributed by atoms with Gasteiger partial charge in [0.05, 0.1) is 5.60 Å². The van der Waals surface area contributed by atoms with Crippen molar-refractivity contribution >= 4 is 17.7 Å². The monoisotopic (exact) mass is 243 g/mol. The Hall–Kier alpha value is -0.480. The maximum Gasteiger partial charge on any atom is 0.244 e. The molecular weight excluding hydrogens is 222 g/mol. The summed E-state index contributed by atoms with van der Waals surface area (Å²) in [6, 6.07) is 0. The molecule has 1 fully saturated rings. The Labute approximate surface area is 102 Å². The second kappa shape index (κ2) is 5.73. The van der Waals surface area contributed by atoms with Crippen LogP contribution in [0.2, 0.25) is 0 Å². The van der Waals surface area contributed by atoms with Gasteiger partial charge in [0.15, 0.2) is 0 Å². The Morgan fingerprint density at radius 1 is 1.62 bits per heavy atom. The van der Waals surface area contributed by atoms with Crippen molar-refractivity contribution in [2.45, 2.75) is 44.5 Å². The molecule has 1 aliphatic carbocycles. The second-order valence-corrected chi connectivity index (χ2v) is 6.01. The van der Waals surface area contributed by atoms with E-state index < -0.39 is 5.60 Å². The molecule has 0 aliphatic heterocycles. The van der Waals surface area contributed by atoms with E-state index in [0.29, 0.717) is 6.54 Å². The molecule has 92 valence electrons. The highest BCUT2D eigenvalue weighted by Crippen LogP contribution is 2.40. The molecule has 0 heterocycles. The van der Waals surface area contributed by atoms with Gasteiger partial charge in [-0.3, -0.25) is 4.79 Å². The maximum atomic E-state index is 11.4. The van der Waals surface area contributed by atoms with Crippen LogP contribution in [-0.4, -0.2) is 34.2 Å². The van der Waals surface area contributed by atoms with Crippen molar-refractivity contribution in [1.82, 2.24) is 5.32 Å². The van der Waals surface area contributed by atoms with Crippen molar-refractivity contribution in [3.05, 3.63) is 11.6 Å². The highest BCUT2D eigenvalue weighted by molar-refractivity contribution is 8.00. The van der Waals surface area contributed by atoms with Crippen LogP contribution in [0, 0.1) is 0 Å². The van der Waals surface area contributed by atoms with Crippen LogP contribution >= 0.6 is 11.8 Å². The standard InChI is InChI=1S/C12H21NO2S/c1-4-16-10-5-6-12(10,15)8-13-11(14)7-9(2)3/h7,10,15H,4-6,8H2,1-3H3,(H,13,14)/t10-,12-/m0/s1. The summed E-state index contributed by atoms with van der Waals surface area (Å²) in [4.78, 5) is 11.4. The SMILES string of the molecule is CCS[C@H]1CC[C@]1(O)CNC(=O)C=C(C)C. The first kappa shape index (κ1) is 13.6. The third-order valence-electron chi connectivity index (χ3n) is 2.80. The molecule has 2 N–H and O–H groups in total. The van der Waals surface area contributed by atoms with E-state index in [0.717, 1.165) is 24.2 Å². The van der Waals surface area contributed by atoms with Crippen LogP contribution in [0.3, 0.4) is 0 Å². The van der Waals surface area contributed by atoms with Gasteiger partial charge in [0.2, 0.25) is 5.91 Å². The predicted octanol–water partition coefficient (Wildman–Crippen LogP) is 1.72. The summed E-state index contributed by atoms with van der Waals surface area (Å²) in [7, 11) is 0. The summed E-state index contributed by atoms with van der Waals surface area (Å²) >= 11 is 1.77. The van der Waals surface area contributed by atoms with Crippen molar-refractivity contribution < 1.29 is 9.90 Å². The Morgan fingerprint density at radius 2 is 2.31 bits per heavy atom. The Balaban J connectivity index is 2.37. The van der Waals surface area contributed by atoms with Crippen LogP contribution < -0.4 is 5.32 Å². The maximum absolute atomic E-state index is 11.4. The number of nitrogens with one attached hydrogen (secondary N) is 1. The third-order valence-corrected chi connectivity index (χ3v) is 4.21. The fraction of sp³-hybridized carbons (Fsp3) is 0.750. The zero-order chi connectivity index (χ0) is 12.2. The molecule has 1 amide bonds.